The van der Waals surface area contributed by atoms with E-state index in [-0.39, 0.29) is 0 Å². The molecular formula is C20H22N4O2S. The van der Waals surface area contributed by atoms with E-state index in [1.54, 1.807) is 13.3 Å². The second-order valence-corrected chi connectivity index (χ2v) is 6.72. The maximum atomic E-state index is 5.93. The maximum absolute atomic E-state index is 5.93. The molecule has 0 fully saturated rings. The van der Waals surface area contributed by atoms with Crippen molar-refractivity contribution in [2.45, 2.75) is 26.4 Å². The van der Waals surface area contributed by atoms with Gasteiger partial charge in [0.05, 0.1) is 13.3 Å². The van der Waals surface area contributed by atoms with E-state index in [0.717, 1.165) is 22.6 Å². The summed E-state index contributed by atoms with van der Waals surface area (Å²) in [6, 6.07) is 14.0. The average molecular weight is 382 g/mol. The summed E-state index contributed by atoms with van der Waals surface area (Å²) >= 11 is 5.08. The van der Waals surface area contributed by atoms with Gasteiger partial charge in [0.1, 0.15) is 24.4 Å². The van der Waals surface area contributed by atoms with Crippen LogP contribution in [0.25, 0.3) is 0 Å². The molecule has 3 rings (SSSR count). The van der Waals surface area contributed by atoms with Crippen LogP contribution in [-0.4, -0.2) is 28.2 Å². The second kappa shape index (κ2) is 8.64. The van der Waals surface area contributed by atoms with E-state index in [9.17, 15) is 0 Å². The summed E-state index contributed by atoms with van der Waals surface area (Å²) in [6.07, 6.45) is 3.24. The van der Waals surface area contributed by atoms with E-state index in [1.165, 1.54) is 16.6 Å². The molecule has 1 N–H and O–H groups in total. The number of nitrogens with one attached hydrogen (secondary N) is 1. The van der Waals surface area contributed by atoms with Gasteiger partial charge in [-0.05, 0) is 59.6 Å². The molecule has 0 aliphatic carbocycles. The van der Waals surface area contributed by atoms with Gasteiger partial charge in [0, 0.05) is 5.56 Å². The highest BCUT2D eigenvalue weighted by Crippen LogP contribution is 2.23. The van der Waals surface area contributed by atoms with Crippen LogP contribution in [0.5, 0.6) is 11.5 Å². The van der Waals surface area contributed by atoms with Crippen LogP contribution in [0, 0.1) is 4.77 Å². The quantitative estimate of drug-likeness (QED) is 0.481. The summed E-state index contributed by atoms with van der Waals surface area (Å²) in [5.41, 5.74) is 3.13. The van der Waals surface area contributed by atoms with Crippen molar-refractivity contribution in [3.63, 3.8) is 0 Å². The lowest BCUT2D eigenvalue weighted by Gasteiger charge is -2.12. The first kappa shape index (κ1) is 18.8. The second-order valence-electron chi connectivity index (χ2n) is 6.33. The van der Waals surface area contributed by atoms with Gasteiger partial charge in [-0.25, -0.2) is 0 Å². The van der Waals surface area contributed by atoms with Crippen molar-refractivity contribution < 1.29 is 9.47 Å². The highest BCUT2D eigenvalue weighted by molar-refractivity contribution is 7.71. The normalized spacial score (nSPS) is 11.3. The minimum absolute atomic E-state index is 0.400. The van der Waals surface area contributed by atoms with E-state index < -0.39 is 0 Å². The molecule has 1 heterocycles. The number of hydrogen-bond acceptors (Lipinski definition) is 5. The Morgan fingerprint density at radius 3 is 2.63 bits per heavy atom. The largest absolute Gasteiger partial charge is 0.496 e. The molecule has 7 heteroatoms. The van der Waals surface area contributed by atoms with Crippen molar-refractivity contribution in [3.8, 4) is 11.5 Å². The first-order chi connectivity index (χ1) is 13.1. The zero-order chi connectivity index (χ0) is 19.2. The number of nitrogens with zero attached hydrogens (tertiary/aromatic N) is 3. The zero-order valence-corrected chi connectivity index (χ0v) is 16.4. The number of ether oxygens (including phenoxy) is 2. The Morgan fingerprint density at radius 2 is 2.00 bits per heavy atom. The molecule has 27 heavy (non-hydrogen) atoms. The molecule has 0 unspecified atom stereocenters. The Kier molecular flexibility index (Phi) is 6.03. The third-order valence-electron chi connectivity index (χ3n) is 4.11. The van der Waals surface area contributed by atoms with Crippen molar-refractivity contribution in [2.24, 2.45) is 5.10 Å². The Labute approximate surface area is 163 Å². The first-order valence-corrected chi connectivity index (χ1v) is 9.03. The fourth-order valence-electron chi connectivity index (χ4n) is 2.56. The highest BCUT2D eigenvalue weighted by Gasteiger charge is 2.06. The van der Waals surface area contributed by atoms with Gasteiger partial charge in [-0.15, -0.1) is 0 Å². The van der Waals surface area contributed by atoms with E-state index in [0.29, 0.717) is 17.3 Å². The van der Waals surface area contributed by atoms with E-state index in [4.69, 9.17) is 21.7 Å². The standard InChI is InChI=1S/C20H22N4O2S/c1-14(2)16-5-7-18(8-6-16)26-12-17-10-15(4-9-19(17)25-3)11-22-24-13-21-23-20(24)27/h4-11,13-14H,12H2,1-3H3,(H,23,27). The van der Waals surface area contributed by atoms with Gasteiger partial charge >= 0.3 is 0 Å². The lowest BCUT2D eigenvalue weighted by Crippen LogP contribution is -2.00. The summed E-state index contributed by atoms with van der Waals surface area (Å²) < 4.78 is 13.3. The number of H-pyrrole nitrogens is 1. The van der Waals surface area contributed by atoms with Crippen LogP contribution in [0.1, 0.15) is 36.5 Å². The van der Waals surface area contributed by atoms with Crippen LogP contribution in [-0.2, 0) is 6.61 Å². The Hall–Kier alpha value is -2.93. The number of aromatic nitrogens is 3. The fourth-order valence-corrected chi connectivity index (χ4v) is 2.70. The molecule has 6 nitrogen and oxygen atoms in total. The molecule has 0 aliphatic rings. The predicted molar refractivity (Wildman–Crippen MR) is 108 cm³/mol. The zero-order valence-electron chi connectivity index (χ0n) is 15.5. The summed E-state index contributed by atoms with van der Waals surface area (Å²) in [6.45, 7) is 4.74. The van der Waals surface area contributed by atoms with Gasteiger partial charge in [0.2, 0.25) is 4.77 Å². The topological polar surface area (TPSA) is 64.4 Å². The molecule has 0 spiro atoms. The van der Waals surface area contributed by atoms with Crippen LogP contribution < -0.4 is 9.47 Å². The molecule has 3 aromatic rings. The first-order valence-electron chi connectivity index (χ1n) is 8.63. The summed E-state index contributed by atoms with van der Waals surface area (Å²) in [5.74, 6) is 2.09. The predicted octanol–water partition coefficient (Wildman–Crippen LogP) is 4.53. The smallest absolute Gasteiger partial charge is 0.216 e. The molecule has 0 saturated carbocycles. The summed E-state index contributed by atoms with van der Waals surface area (Å²) in [5, 5.41) is 10.8. The number of rotatable bonds is 7. The van der Waals surface area contributed by atoms with Gasteiger partial charge < -0.3 is 9.47 Å². The average Bonchev–Trinajstić information content (AvgIpc) is 3.10. The minimum Gasteiger partial charge on any atom is -0.496 e. The fraction of sp³-hybridized carbons (Fsp3) is 0.250. The van der Waals surface area contributed by atoms with Crippen LogP contribution >= 0.6 is 12.2 Å². The van der Waals surface area contributed by atoms with E-state index in [1.807, 2.05) is 30.3 Å². The van der Waals surface area contributed by atoms with Crippen molar-refractivity contribution in [1.82, 2.24) is 14.9 Å². The van der Waals surface area contributed by atoms with Crippen LogP contribution in [0.4, 0.5) is 0 Å². The number of benzene rings is 2. The number of methoxy groups -OCH3 is 1. The molecule has 140 valence electrons. The number of aromatic amines is 1. The Balaban J connectivity index is 1.74. The van der Waals surface area contributed by atoms with Gasteiger partial charge in [0.25, 0.3) is 0 Å². The van der Waals surface area contributed by atoms with Gasteiger partial charge in [-0.2, -0.15) is 14.9 Å². The molecule has 0 aliphatic heterocycles. The third kappa shape index (κ3) is 4.83. The Morgan fingerprint density at radius 1 is 1.22 bits per heavy atom. The molecule has 0 bridgehead atoms. The Bertz CT molecular complexity index is 974. The molecule has 0 radical (unpaired) electrons. The van der Waals surface area contributed by atoms with Crippen LogP contribution in [0.3, 0.4) is 0 Å². The van der Waals surface area contributed by atoms with Gasteiger partial charge in [-0.3, -0.25) is 5.10 Å². The molecule has 0 saturated heterocycles. The highest BCUT2D eigenvalue weighted by atomic mass is 32.1. The maximum Gasteiger partial charge on any atom is 0.216 e. The molecule has 1 aromatic heterocycles. The molecule has 0 atom stereocenters. The van der Waals surface area contributed by atoms with Crippen molar-refractivity contribution in [3.05, 3.63) is 70.3 Å². The summed E-state index contributed by atoms with van der Waals surface area (Å²) in [7, 11) is 1.65. The van der Waals surface area contributed by atoms with Crippen molar-refractivity contribution in [1.29, 1.82) is 0 Å². The van der Waals surface area contributed by atoms with Crippen molar-refractivity contribution >= 4 is 18.4 Å². The monoisotopic (exact) mass is 382 g/mol. The summed E-state index contributed by atoms with van der Waals surface area (Å²) in [4.78, 5) is 0. The lowest BCUT2D eigenvalue weighted by atomic mass is 10.0. The van der Waals surface area contributed by atoms with E-state index >= 15 is 0 Å². The third-order valence-corrected chi connectivity index (χ3v) is 4.39. The minimum atomic E-state index is 0.400. The molecular weight excluding hydrogens is 360 g/mol. The van der Waals surface area contributed by atoms with Crippen molar-refractivity contribution in [2.75, 3.05) is 7.11 Å². The lowest BCUT2D eigenvalue weighted by molar-refractivity contribution is 0.296. The van der Waals surface area contributed by atoms with E-state index in [2.05, 4.69) is 41.3 Å². The number of hydrogen-bond donors (Lipinski definition) is 1. The van der Waals surface area contributed by atoms with Crippen LogP contribution in [0.15, 0.2) is 53.9 Å². The van der Waals surface area contributed by atoms with Gasteiger partial charge in [0.15, 0.2) is 0 Å². The van der Waals surface area contributed by atoms with Gasteiger partial charge in [-0.1, -0.05) is 26.0 Å². The molecule has 0 amide bonds. The van der Waals surface area contributed by atoms with Crippen LogP contribution in [0.2, 0.25) is 0 Å². The molecule has 2 aromatic carbocycles. The SMILES string of the molecule is COc1ccc(C=Nn2cn[nH]c2=S)cc1COc1ccc(C(C)C)cc1.